The molecule has 6 nitrogen and oxygen atoms in total. The van der Waals surface area contributed by atoms with Crippen LogP contribution in [0.3, 0.4) is 0 Å². The summed E-state index contributed by atoms with van der Waals surface area (Å²) >= 11 is 5.81. The highest BCUT2D eigenvalue weighted by molar-refractivity contribution is 6.30. The minimum absolute atomic E-state index is 0.0130. The van der Waals surface area contributed by atoms with Gasteiger partial charge in [-0.25, -0.2) is 4.39 Å². The Labute approximate surface area is 188 Å². The largest absolute Gasteiger partial charge is 0.492 e. The van der Waals surface area contributed by atoms with Gasteiger partial charge in [0.15, 0.2) is 0 Å². The van der Waals surface area contributed by atoms with Crippen molar-refractivity contribution in [2.45, 2.75) is 12.1 Å². The lowest BCUT2D eigenvalue weighted by atomic mass is 10.1. The van der Waals surface area contributed by atoms with Crippen LogP contribution in [0.1, 0.15) is 5.56 Å². The average molecular weight is 453 g/mol. The number of hydrogen-bond donors (Lipinski definition) is 1. The third-order valence-corrected chi connectivity index (χ3v) is 5.24. The van der Waals surface area contributed by atoms with E-state index in [0.29, 0.717) is 38.6 Å². The molecule has 0 spiro atoms. The average Bonchev–Trinajstić information content (AvgIpc) is 2.90. The van der Waals surface area contributed by atoms with Crippen LogP contribution in [-0.2, 0) is 11.3 Å². The minimum atomic E-state index is -1.20. The predicted molar refractivity (Wildman–Crippen MR) is 118 cm³/mol. The number of nitrogens with zero attached hydrogens (tertiary/aromatic N) is 2. The van der Waals surface area contributed by atoms with Crippen LogP contribution in [-0.4, -0.2) is 80.7 Å². The van der Waals surface area contributed by atoms with Gasteiger partial charge in [0.25, 0.3) is 0 Å². The van der Waals surface area contributed by atoms with Crippen molar-refractivity contribution in [3.63, 3.8) is 0 Å². The van der Waals surface area contributed by atoms with Crippen molar-refractivity contribution in [3.8, 4) is 11.5 Å². The van der Waals surface area contributed by atoms with E-state index in [-0.39, 0.29) is 18.2 Å². The molecule has 0 saturated carbocycles. The second-order valence-corrected chi connectivity index (χ2v) is 8.56. The first-order chi connectivity index (χ1) is 14.8. The molecule has 0 unspecified atom stereocenters. The molecule has 1 fully saturated rings. The number of likely N-dealkylation sites (N-methyl/N-ethyl adjacent to an activating group) is 1. The molecule has 8 heteroatoms. The number of ether oxygens (including phenoxy) is 3. The van der Waals surface area contributed by atoms with Gasteiger partial charge in [0, 0.05) is 32.2 Å². The molecule has 1 atom stereocenters. The van der Waals surface area contributed by atoms with E-state index in [0.717, 1.165) is 17.9 Å². The van der Waals surface area contributed by atoms with Gasteiger partial charge < -0.3 is 24.2 Å². The van der Waals surface area contributed by atoms with Crippen LogP contribution in [0.15, 0.2) is 42.5 Å². The van der Waals surface area contributed by atoms with E-state index in [1.54, 1.807) is 0 Å². The second-order valence-electron chi connectivity index (χ2n) is 8.15. The molecule has 2 aromatic carbocycles. The minimum Gasteiger partial charge on any atom is -0.492 e. The fourth-order valence-electron chi connectivity index (χ4n) is 3.34. The number of β-amino-alcohol motifs (C(OH)–C–C–N with tert-alkyl or cyclic N) is 1. The summed E-state index contributed by atoms with van der Waals surface area (Å²) in [6, 6.07) is 12.1. The van der Waals surface area contributed by atoms with Crippen molar-refractivity contribution in [1.29, 1.82) is 0 Å². The molecule has 0 aromatic heterocycles. The molecule has 170 valence electrons. The highest BCUT2D eigenvalue weighted by Crippen LogP contribution is 2.23. The summed E-state index contributed by atoms with van der Waals surface area (Å²) in [6.45, 7) is 3.89. The highest BCUT2D eigenvalue weighted by atomic mass is 35.5. The Balaban J connectivity index is 1.58. The lowest BCUT2D eigenvalue weighted by Gasteiger charge is -2.30. The zero-order valence-corrected chi connectivity index (χ0v) is 18.8. The molecule has 0 amide bonds. The van der Waals surface area contributed by atoms with E-state index in [2.05, 4.69) is 9.80 Å². The van der Waals surface area contributed by atoms with Gasteiger partial charge in [0.2, 0.25) is 0 Å². The second kappa shape index (κ2) is 11.1. The first-order valence-corrected chi connectivity index (χ1v) is 10.7. The smallest absolute Gasteiger partial charge is 0.142 e. The normalized spacial score (nSPS) is 19.9. The van der Waals surface area contributed by atoms with Gasteiger partial charge in [-0.05, 0) is 43.9 Å². The van der Waals surface area contributed by atoms with Crippen LogP contribution < -0.4 is 9.47 Å². The van der Waals surface area contributed by atoms with E-state index in [4.69, 9.17) is 25.8 Å². The summed E-state index contributed by atoms with van der Waals surface area (Å²) in [7, 11) is 4.02. The van der Waals surface area contributed by atoms with E-state index in [1.807, 2.05) is 38.4 Å². The quantitative estimate of drug-likeness (QED) is 0.631. The molecule has 1 aliphatic rings. The molecular formula is C23H30ClFN2O4. The topological polar surface area (TPSA) is 54.4 Å². The summed E-state index contributed by atoms with van der Waals surface area (Å²) in [6.07, 6.45) is 0. The molecule has 0 aliphatic carbocycles. The number of halogens is 2. The number of hydrogen-bond acceptors (Lipinski definition) is 6. The molecular weight excluding hydrogens is 423 g/mol. The molecule has 3 rings (SSSR count). The van der Waals surface area contributed by atoms with Crippen molar-refractivity contribution in [2.24, 2.45) is 0 Å². The van der Waals surface area contributed by atoms with Crippen molar-refractivity contribution in [1.82, 2.24) is 9.80 Å². The molecule has 1 N–H and O–H groups in total. The van der Waals surface area contributed by atoms with Crippen molar-refractivity contribution < 1.29 is 23.7 Å². The summed E-state index contributed by atoms with van der Waals surface area (Å²) in [5.41, 5.74) is -0.102. The standard InChI is InChI=1S/C23H30ClFN2O4/c1-26(2)8-11-30-19-5-3-4-18(12-19)14-27-9-10-29-16-23(28,15-27)17-31-20-6-7-22(25)21(24)13-20/h3-7,12-13,28H,8-11,14-17H2,1-2H3/t23-/m0/s1. The van der Waals surface area contributed by atoms with Crippen LogP contribution in [0.2, 0.25) is 5.02 Å². The zero-order valence-electron chi connectivity index (χ0n) is 18.0. The van der Waals surface area contributed by atoms with Crippen molar-refractivity contribution in [2.75, 3.05) is 60.2 Å². The van der Waals surface area contributed by atoms with Gasteiger partial charge in [0.1, 0.15) is 36.1 Å². The van der Waals surface area contributed by atoms with Gasteiger partial charge in [-0.3, -0.25) is 4.90 Å². The molecule has 0 bridgehead atoms. The Morgan fingerprint density at radius 1 is 1.19 bits per heavy atom. The maximum atomic E-state index is 13.3. The van der Waals surface area contributed by atoms with Crippen LogP contribution in [0.25, 0.3) is 0 Å². The number of benzene rings is 2. The molecule has 31 heavy (non-hydrogen) atoms. The van der Waals surface area contributed by atoms with Crippen LogP contribution in [0, 0.1) is 5.82 Å². The third kappa shape index (κ3) is 7.63. The zero-order chi connectivity index (χ0) is 22.3. The molecule has 2 aromatic rings. The summed E-state index contributed by atoms with van der Waals surface area (Å²) < 4.78 is 30.5. The number of aliphatic hydroxyl groups is 1. The Morgan fingerprint density at radius 2 is 2.00 bits per heavy atom. The summed E-state index contributed by atoms with van der Waals surface area (Å²) in [5.74, 6) is 0.722. The fourth-order valence-corrected chi connectivity index (χ4v) is 3.51. The Kier molecular flexibility index (Phi) is 8.51. The molecule has 0 radical (unpaired) electrons. The van der Waals surface area contributed by atoms with E-state index in [1.165, 1.54) is 18.2 Å². The molecule has 1 saturated heterocycles. The maximum absolute atomic E-state index is 13.3. The van der Waals surface area contributed by atoms with Crippen molar-refractivity contribution in [3.05, 3.63) is 58.9 Å². The van der Waals surface area contributed by atoms with Crippen molar-refractivity contribution >= 4 is 11.6 Å². The van der Waals surface area contributed by atoms with Gasteiger partial charge in [-0.1, -0.05) is 23.7 Å². The van der Waals surface area contributed by atoms with Crippen LogP contribution >= 0.6 is 11.6 Å². The van der Waals surface area contributed by atoms with E-state index in [9.17, 15) is 9.50 Å². The molecule has 1 aliphatic heterocycles. The number of rotatable bonds is 9. The van der Waals surface area contributed by atoms with E-state index < -0.39 is 11.4 Å². The Bertz CT molecular complexity index is 854. The van der Waals surface area contributed by atoms with Gasteiger partial charge >= 0.3 is 0 Å². The van der Waals surface area contributed by atoms with Gasteiger partial charge in [-0.15, -0.1) is 0 Å². The monoisotopic (exact) mass is 452 g/mol. The lowest BCUT2D eigenvalue weighted by Crippen LogP contribution is -2.48. The predicted octanol–water partition coefficient (Wildman–Crippen LogP) is 3.06. The summed E-state index contributed by atoms with van der Waals surface area (Å²) in [4.78, 5) is 4.21. The van der Waals surface area contributed by atoms with Gasteiger partial charge in [-0.2, -0.15) is 0 Å². The summed E-state index contributed by atoms with van der Waals surface area (Å²) in [5, 5.41) is 11.1. The van der Waals surface area contributed by atoms with Crippen LogP contribution in [0.5, 0.6) is 11.5 Å². The van der Waals surface area contributed by atoms with E-state index >= 15 is 0 Å². The lowest BCUT2D eigenvalue weighted by molar-refractivity contribution is -0.0646. The van der Waals surface area contributed by atoms with Gasteiger partial charge in [0.05, 0.1) is 18.2 Å². The fraction of sp³-hybridized carbons (Fsp3) is 0.478. The third-order valence-electron chi connectivity index (χ3n) is 4.95. The first-order valence-electron chi connectivity index (χ1n) is 10.3. The highest BCUT2D eigenvalue weighted by Gasteiger charge is 2.33. The Hall–Kier alpha value is -1.90. The first kappa shape index (κ1) is 23.8. The SMILES string of the molecule is CN(C)CCOc1cccc(CN2CCOC[C@](O)(COc3ccc(F)c(Cl)c3)C2)c1. The van der Waals surface area contributed by atoms with Crippen LogP contribution in [0.4, 0.5) is 4.39 Å². The molecule has 1 heterocycles. The Morgan fingerprint density at radius 3 is 2.77 bits per heavy atom. The maximum Gasteiger partial charge on any atom is 0.142 e.